The number of benzene rings is 5. The molecule has 0 bridgehead atoms. The third kappa shape index (κ3) is 2.72. The second kappa shape index (κ2) is 6.26. The van der Waals surface area contributed by atoms with E-state index in [9.17, 15) is 0 Å². The van der Waals surface area contributed by atoms with E-state index in [0.29, 0.717) is 5.69 Å². The molecule has 0 aliphatic carbocycles. The number of fused-ring (bicyclic) bond motifs is 3. The van der Waals surface area contributed by atoms with Crippen LogP contribution in [0.3, 0.4) is 0 Å². The third-order valence-electron chi connectivity index (χ3n) is 5.04. The summed E-state index contributed by atoms with van der Waals surface area (Å²) in [6.07, 6.45) is 1.95. The maximum atomic E-state index is 6.26. The van der Waals surface area contributed by atoms with Crippen LogP contribution in [0.25, 0.3) is 32.3 Å². The Kier molecular flexibility index (Phi) is 3.61. The highest BCUT2D eigenvalue weighted by atomic mass is 14.8. The van der Waals surface area contributed by atoms with Crippen LogP contribution in [-0.4, -0.2) is 6.21 Å². The van der Waals surface area contributed by atoms with Crippen LogP contribution < -0.4 is 5.73 Å². The van der Waals surface area contributed by atoms with E-state index in [1.807, 2.05) is 24.4 Å². The molecule has 2 heteroatoms. The maximum absolute atomic E-state index is 6.26. The minimum Gasteiger partial charge on any atom is -0.397 e. The van der Waals surface area contributed by atoms with Gasteiger partial charge in [-0.3, -0.25) is 4.99 Å². The summed E-state index contributed by atoms with van der Waals surface area (Å²) < 4.78 is 0. The van der Waals surface area contributed by atoms with Gasteiger partial charge < -0.3 is 5.73 Å². The average Bonchev–Trinajstić information content (AvgIpc) is 2.71. The summed E-state index contributed by atoms with van der Waals surface area (Å²) >= 11 is 0. The molecule has 0 radical (unpaired) electrons. The molecule has 0 saturated heterocycles. The maximum Gasteiger partial charge on any atom is 0.0865 e. The number of nitrogen functional groups attached to an aromatic ring is 1. The first kappa shape index (κ1) is 15.6. The Morgan fingerprint density at radius 3 is 1.74 bits per heavy atom. The minimum absolute atomic E-state index is 0.689. The van der Waals surface area contributed by atoms with Crippen LogP contribution in [-0.2, 0) is 0 Å². The van der Waals surface area contributed by atoms with E-state index in [1.165, 1.54) is 21.5 Å². The van der Waals surface area contributed by atoms with Crippen LogP contribution in [0.1, 0.15) is 5.56 Å². The quantitative estimate of drug-likeness (QED) is 0.222. The minimum atomic E-state index is 0.689. The van der Waals surface area contributed by atoms with Crippen LogP contribution in [0.5, 0.6) is 0 Å². The molecular weight excluding hydrogens is 328 g/mol. The zero-order valence-electron chi connectivity index (χ0n) is 14.8. The molecule has 0 aliphatic heterocycles. The topological polar surface area (TPSA) is 38.4 Å². The smallest absolute Gasteiger partial charge is 0.0865 e. The number of anilines is 1. The van der Waals surface area contributed by atoms with Gasteiger partial charge in [0.05, 0.1) is 11.4 Å². The Labute approximate surface area is 157 Å². The van der Waals surface area contributed by atoms with Crippen molar-refractivity contribution in [2.75, 3.05) is 5.73 Å². The molecule has 0 atom stereocenters. The number of rotatable bonds is 2. The normalized spacial score (nSPS) is 11.7. The van der Waals surface area contributed by atoms with Crippen LogP contribution in [0, 0.1) is 0 Å². The molecular formula is C25H18N2. The van der Waals surface area contributed by atoms with Crippen LogP contribution in [0.4, 0.5) is 11.4 Å². The monoisotopic (exact) mass is 346 g/mol. The molecule has 0 heterocycles. The van der Waals surface area contributed by atoms with Crippen molar-refractivity contribution in [1.82, 2.24) is 0 Å². The summed E-state index contributed by atoms with van der Waals surface area (Å²) in [5.41, 5.74) is 8.87. The highest BCUT2D eigenvalue weighted by Crippen LogP contribution is 2.31. The molecule has 27 heavy (non-hydrogen) atoms. The molecule has 0 aliphatic rings. The number of aliphatic imine (C=N–C) groups is 1. The van der Waals surface area contributed by atoms with Gasteiger partial charge in [-0.15, -0.1) is 0 Å². The predicted octanol–water partition coefficient (Wildman–Crippen LogP) is 6.48. The van der Waals surface area contributed by atoms with Crippen molar-refractivity contribution in [3.8, 4) is 0 Å². The summed E-state index contributed by atoms with van der Waals surface area (Å²) in [5, 5.41) is 7.08. The summed E-state index contributed by atoms with van der Waals surface area (Å²) in [6, 6.07) is 31.3. The van der Waals surface area contributed by atoms with E-state index >= 15 is 0 Å². The Hall–Kier alpha value is -3.65. The zero-order chi connectivity index (χ0) is 18.2. The lowest BCUT2D eigenvalue weighted by Gasteiger charge is -2.08. The molecule has 5 rings (SSSR count). The summed E-state index contributed by atoms with van der Waals surface area (Å²) in [5.74, 6) is 0. The fraction of sp³-hybridized carbons (Fsp3) is 0. The standard InChI is InChI=1S/C25H18N2/c26-24-14-17-7-1-2-8-18(17)15-25(24)27-16-23-21-11-5-3-9-19(21)13-20-10-4-6-12-22(20)23/h1-16H,26H2. The molecule has 0 amide bonds. The third-order valence-corrected chi connectivity index (χ3v) is 5.04. The largest absolute Gasteiger partial charge is 0.397 e. The fourth-order valence-electron chi connectivity index (χ4n) is 3.68. The van der Waals surface area contributed by atoms with Crippen molar-refractivity contribution in [3.05, 3.63) is 96.6 Å². The van der Waals surface area contributed by atoms with Gasteiger partial charge in [-0.25, -0.2) is 0 Å². The van der Waals surface area contributed by atoms with Gasteiger partial charge in [-0.1, -0.05) is 72.8 Å². The van der Waals surface area contributed by atoms with E-state index in [-0.39, 0.29) is 0 Å². The molecule has 0 saturated carbocycles. The zero-order valence-corrected chi connectivity index (χ0v) is 14.8. The Morgan fingerprint density at radius 1 is 0.593 bits per heavy atom. The lowest BCUT2D eigenvalue weighted by Crippen LogP contribution is -1.90. The van der Waals surface area contributed by atoms with Gasteiger partial charge in [-0.05, 0) is 50.5 Å². The number of nitrogens with two attached hydrogens (primary N) is 1. The lowest BCUT2D eigenvalue weighted by molar-refractivity contribution is 1.55. The summed E-state index contributed by atoms with van der Waals surface area (Å²) in [7, 11) is 0. The molecule has 128 valence electrons. The van der Waals surface area contributed by atoms with Gasteiger partial charge in [0.1, 0.15) is 0 Å². The van der Waals surface area contributed by atoms with E-state index in [4.69, 9.17) is 10.7 Å². The van der Waals surface area contributed by atoms with E-state index in [0.717, 1.165) is 22.0 Å². The van der Waals surface area contributed by atoms with Gasteiger partial charge >= 0.3 is 0 Å². The Morgan fingerprint density at radius 2 is 1.11 bits per heavy atom. The van der Waals surface area contributed by atoms with E-state index < -0.39 is 0 Å². The number of nitrogens with zero attached hydrogens (tertiary/aromatic N) is 1. The fourth-order valence-corrected chi connectivity index (χ4v) is 3.68. The SMILES string of the molecule is Nc1cc2ccccc2cc1N=Cc1c2ccccc2cc2ccccc12. The first-order valence-electron chi connectivity index (χ1n) is 9.02. The molecule has 5 aromatic rings. The van der Waals surface area contributed by atoms with Crippen LogP contribution >= 0.6 is 0 Å². The van der Waals surface area contributed by atoms with Crippen LogP contribution in [0.15, 0.2) is 96.0 Å². The lowest BCUT2D eigenvalue weighted by atomic mass is 9.97. The number of hydrogen-bond acceptors (Lipinski definition) is 2. The molecule has 2 nitrogen and oxygen atoms in total. The second-order valence-corrected chi connectivity index (χ2v) is 6.75. The predicted molar refractivity (Wildman–Crippen MR) is 117 cm³/mol. The van der Waals surface area contributed by atoms with Crippen LogP contribution in [0.2, 0.25) is 0 Å². The van der Waals surface area contributed by atoms with Crippen molar-refractivity contribution in [3.63, 3.8) is 0 Å². The summed E-state index contributed by atoms with van der Waals surface area (Å²) in [6.45, 7) is 0. The number of hydrogen-bond donors (Lipinski definition) is 1. The first-order valence-corrected chi connectivity index (χ1v) is 9.02. The van der Waals surface area contributed by atoms with Crippen molar-refractivity contribution in [2.24, 2.45) is 4.99 Å². The van der Waals surface area contributed by atoms with Crippen molar-refractivity contribution in [1.29, 1.82) is 0 Å². The van der Waals surface area contributed by atoms with Gasteiger partial charge in [-0.2, -0.15) is 0 Å². The summed E-state index contributed by atoms with van der Waals surface area (Å²) in [4.78, 5) is 4.78. The Bertz CT molecular complexity index is 1280. The molecule has 2 N–H and O–H groups in total. The highest BCUT2D eigenvalue weighted by Gasteiger charge is 2.06. The van der Waals surface area contributed by atoms with E-state index in [1.54, 1.807) is 0 Å². The molecule has 0 aromatic heterocycles. The molecule has 0 fully saturated rings. The van der Waals surface area contributed by atoms with Crippen molar-refractivity contribution < 1.29 is 0 Å². The van der Waals surface area contributed by atoms with Crippen molar-refractivity contribution >= 4 is 49.9 Å². The van der Waals surface area contributed by atoms with Crippen molar-refractivity contribution in [2.45, 2.75) is 0 Å². The average molecular weight is 346 g/mol. The van der Waals surface area contributed by atoms with Gasteiger partial charge in [0.15, 0.2) is 0 Å². The second-order valence-electron chi connectivity index (χ2n) is 6.75. The van der Waals surface area contributed by atoms with E-state index in [2.05, 4.69) is 72.8 Å². The van der Waals surface area contributed by atoms with Gasteiger partial charge in [0.25, 0.3) is 0 Å². The first-order chi connectivity index (χ1) is 13.3. The molecule has 0 spiro atoms. The Balaban J connectivity index is 1.73. The van der Waals surface area contributed by atoms with Gasteiger partial charge in [0.2, 0.25) is 0 Å². The molecule has 5 aromatic carbocycles. The molecule has 0 unspecified atom stereocenters. The van der Waals surface area contributed by atoms with Gasteiger partial charge in [0, 0.05) is 11.8 Å². The highest BCUT2D eigenvalue weighted by molar-refractivity contribution is 6.14.